The van der Waals surface area contributed by atoms with Crippen LogP contribution < -0.4 is 21.2 Å². The van der Waals surface area contributed by atoms with Crippen molar-refractivity contribution in [3.05, 3.63) is 133 Å². The van der Waals surface area contributed by atoms with Crippen LogP contribution in [0.15, 0.2) is 133 Å². The van der Waals surface area contributed by atoms with Crippen LogP contribution in [0.5, 0.6) is 0 Å². The van der Waals surface area contributed by atoms with E-state index in [0.717, 1.165) is 0 Å². The van der Waals surface area contributed by atoms with E-state index in [1.807, 2.05) is 0 Å². The molecular weight excluding hydrogens is 571 g/mol. The molecule has 147 valence electrons. The Labute approximate surface area is 191 Å². The van der Waals surface area contributed by atoms with Crippen molar-refractivity contribution in [3.63, 3.8) is 0 Å². The maximum absolute atomic E-state index is 2.45. The number of hydrogen-bond acceptors (Lipinski definition) is 0. The third-order valence-corrected chi connectivity index (χ3v) is 9.05. The van der Waals surface area contributed by atoms with Gasteiger partial charge in [-0.3, -0.25) is 0 Å². The summed E-state index contributed by atoms with van der Waals surface area (Å²) < 4.78 is 0. The summed E-state index contributed by atoms with van der Waals surface area (Å²) in [7, 11) is -1.06. The average molecular weight is 593 g/mol. The molecule has 0 saturated carbocycles. The molecule has 3 heteroatoms. The third-order valence-electron chi connectivity index (χ3n) is 4.50. The van der Waals surface area contributed by atoms with E-state index in [2.05, 4.69) is 133 Å². The molecule has 4 rings (SSSR count). The molecule has 0 aliphatic rings. The number of rotatable bonds is 6. The monoisotopic (exact) mass is 593 g/mol. The molecule has 0 fully saturated rings. The smallest absolute Gasteiger partial charge is 0 e. The molecule has 1 radical (unpaired) electrons. The molecule has 0 saturated heterocycles. The van der Waals surface area contributed by atoms with E-state index in [0.29, 0.717) is 0 Å². The fourth-order valence-electron chi connectivity index (χ4n) is 3.13. The summed E-state index contributed by atoms with van der Waals surface area (Å²) in [6.45, 7) is 0. The van der Waals surface area contributed by atoms with E-state index in [1.165, 1.54) is 21.2 Å². The Morgan fingerprint density at radius 1 is 0.345 bits per heavy atom. The van der Waals surface area contributed by atoms with Gasteiger partial charge in [0.2, 0.25) is 0 Å². The Hall–Kier alpha value is -1.78. The minimum atomic E-state index is -0.528. The zero-order chi connectivity index (χ0) is 19.0. The van der Waals surface area contributed by atoms with Crippen LogP contribution in [0.25, 0.3) is 0 Å². The van der Waals surface area contributed by atoms with Crippen LogP contribution in [0.1, 0.15) is 0 Å². The number of benzene rings is 4. The summed E-state index contributed by atoms with van der Waals surface area (Å²) in [6.07, 6.45) is 0. The van der Waals surface area contributed by atoms with E-state index in [4.69, 9.17) is 0 Å². The van der Waals surface area contributed by atoms with Gasteiger partial charge in [0.25, 0.3) is 0 Å². The molecule has 0 unspecified atom stereocenters. The van der Waals surface area contributed by atoms with Gasteiger partial charge in [-0.1, -0.05) is 133 Å². The average Bonchev–Trinajstić information content (AvgIpc) is 2.79. The second-order valence-electron chi connectivity index (χ2n) is 6.38. The maximum Gasteiger partial charge on any atom is 0 e. The van der Waals surface area contributed by atoms with Gasteiger partial charge in [0.15, 0.2) is 0 Å². The standard InChI is InChI=1S/C26H22P2.Au/c1-5-13-23(14-6-1)27(24-15-7-2-8-16-24)21-22-28(25-17-9-3-10-18-25)26-19-11-4-12-20-26;/h1-22H;. The summed E-state index contributed by atoms with van der Waals surface area (Å²) >= 11 is 0. The van der Waals surface area contributed by atoms with Gasteiger partial charge in [-0.2, -0.15) is 0 Å². The largest absolute Gasteiger partial charge is 0.0622 e. The van der Waals surface area contributed by atoms with E-state index < -0.39 is 15.8 Å². The van der Waals surface area contributed by atoms with Gasteiger partial charge in [0.05, 0.1) is 0 Å². The summed E-state index contributed by atoms with van der Waals surface area (Å²) in [5.41, 5.74) is 0. The van der Waals surface area contributed by atoms with Crippen LogP contribution in [-0.2, 0) is 22.4 Å². The molecule has 0 bridgehead atoms. The van der Waals surface area contributed by atoms with Crippen LogP contribution in [0.4, 0.5) is 0 Å². The van der Waals surface area contributed by atoms with Crippen molar-refractivity contribution in [2.45, 2.75) is 0 Å². The van der Waals surface area contributed by atoms with Crippen LogP contribution >= 0.6 is 15.8 Å². The molecule has 0 aliphatic heterocycles. The topological polar surface area (TPSA) is 0 Å². The van der Waals surface area contributed by atoms with E-state index >= 15 is 0 Å². The molecule has 4 aromatic carbocycles. The molecule has 0 spiro atoms. The summed E-state index contributed by atoms with van der Waals surface area (Å²) in [6, 6.07) is 43.4. The van der Waals surface area contributed by atoms with Gasteiger partial charge >= 0.3 is 0 Å². The van der Waals surface area contributed by atoms with E-state index in [9.17, 15) is 0 Å². The fourth-order valence-corrected chi connectivity index (χ4v) is 7.45. The van der Waals surface area contributed by atoms with Gasteiger partial charge in [-0.15, -0.1) is 0 Å². The molecule has 0 atom stereocenters. The molecule has 0 amide bonds. The SMILES string of the molecule is C(=CP(c1ccccc1)c1ccccc1)P(c1ccccc1)c1ccccc1.[Au]. The molecule has 0 aliphatic carbocycles. The normalized spacial score (nSPS) is 11.0. The van der Waals surface area contributed by atoms with Crippen molar-refractivity contribution < 1.29 is 22.4 Å². The van der Waals surface area contributed by atoms with Crippen LogP contribution in [0.2, 0.25) is 0 Å². The molecule has 0 heterocycles. The predicted molar refractivity (Wildman–Crippen MR) is 127 cm³/mol. The van der Waals surface area contributed by atoms with Crippen molar-refractivity contribution in [1.29, 1.82) is 0 Å². The van der Waals surface area contributed by atoms with Crippen LogP contribution in [0.3, 0.4) is 0 Å². The molecular formula is C26H22AuP2. The second-order valence-corrected chi connectivity index (χ2v) is 10.5. The minimum absolute atomic E-state index is 0. The Morgan fingerprint density at radius 3 is 0.759 bits per heavy atom. The maximum atomic E-state index is 2.45. The van der Waals surface area contributed by atoms with Gasteiger partial charge in [-0.25, -0.2) is 0 Å². The second kappa shape index (κ2) is 11.4. The summed E-state index contributed by atoms with van der Waals surface area (Å²) in [5, 5.41) is 5.54. The first-order valence-electron chi connectivity index (χ1n) is 9.39. The first kappa shape index (κ1) is 21.9. The van der Waals surface area contributed by atoms with Crippen LogP contribution in [-0.4, -0.2) is 0 Å². The van der Waals surface area contributed by atoms with Gasteiger partial charge in [-0.05, 0) is 37.1 Å². The zero-order valence-electron chi connectivity index (χ0n) is 15.9. The molecule has 4 aromatic rings. The van der Waals surface area contributed by atoms with Crippen molar-refractivity contribution in [3.8, 4) is 0 Å². The van der Waals surface area contributed by atoms with Gasteiger partial charge < -0.3 is 0 Å². The third kappa shape index (κ3) is 5.86. The van der Waals surface area contributed by atoms with Gasteiger partial charge in [0, 0.05) is 22.4 Å². The first-order chi connectivity index (χ1) is 13.9. The zero-order valence-corrected chi connectivity index (χ0v) is 19.9. The molecule has 0 nitrogen and oxygen atoms in total. The van der Waals surface area contributed by atoms with Crippen molar-refractivity contribution >= 4 is 37.1 Å². The van der Waals surface area contributed by atoms with E-state index in [-0.39, 0.29) is 22.4 Å². The first-order valence-corrected chi connectivity index (χ1v) is 12.2. The predicted octanol–water partition coefficient (Wildman–Crippen LogP) is 5.72. The van der Waals surface area contributed by atoms with Crippen molar-refractivity contribution in [1.82, 2.24) is 0 Å². The summed E-state index contributed by atoms with van der Waals surface area (Å²) in [4.78, 5) is 0. The number of hydrogen-bond donors (Lipinski definition) is 0. The van der Waals surface area contributed by atoms with Crippen molar-refractivity contribution in [2.75, 3.05) is 0 Å². The van der Waals surface area contributed by atoms with E-state index in [1.54, 1.807) is 0 Å². The Kier molecular flexibility index (Phi) is 8.63. The molecule has 0 aromatic heterocycles. The Balaban J connectivity index is 0.00000240. The molecule has 29 heavy (non-hydrogen) atoms. The molecule has 0 N–H and O–H groups in total. The van der Waals surface area contributed by atoms with Crippen LogP contribution in [0, 0.1) is 0 Å². The fraction of sp³-hybridized carbons (Fsp3) is 0. The quantitative estimate of drug-likeness (QED) is 0.198. The van der Waals surface area contributed by atoms with Gasteiger partial charge in [0.1, 0.15) is 0 Å². The minimum Gasteiger partial charge on any atom is -0.0622 e. The Bertz CT molecular complexity index is 840. The Morgan fingerprint density at radius 2 is 0.552 bits per heavy atom. The van der Waals surface area contributed by atoms with Crippen molar-refractivity contribution in [2.24, 2.45) is 0 Å². The summed E-state index contributed by atoms with van der Waals surface area (Å²) in [5.74, 6) is 4.90.